The van der Waals surface area contributed by atoms with E-state index in [1.54, 1.807) is 25.3 Å². The molecular formula is C13H16N4O2. The molecule has 19 heavy (non-hydrogen) atoms. The normalized spacial score (nSPS) is 17.1. The van der Waals surface area contributed by atoms with Crippen LogP contribution < -0.4 is 11.5 Å². The van der Waals surface area contributed by atoms with E-state index in [1.165, 1.54) is 0 Å². The van der Waals surface area contributed by atoms with Gasteiger partial charge in [-0.05, 0) is 37.5 Å². The second-order valence-corrected chi connectivity index (χ2v) is 4.86. The molecule has 0 unspecified atom stereocenters. The zero-order valence-electron chi connectivity index (χ0n) is 10.7. The summed E-state index contributed by atoms with van der Waals surface area (Å²) in [4.78, 5) is 4.41. The van der Waals surface area contributed by atoms with Crippen LogP contribution in [0.15, 0.2) is 22.7 Å². The number of ether oxygens (including phenoxy) is 1. The third-order valence-electron chi connectivity index (χ3n) is 3.61. The molecule has 4 N–H and O–H groups in total. The van der Waals surface area contributed by atoms with Gasteiger partial charge in [0.1, 0.15) is 5.60 Å². The highest BCUT2D eigenvalue weighted by molar-refractivity contribution is 5.67. The van der Waals surface area contributed by atoms with Gasteiger partial charge in [0.2, 0.25) is 5.82 Å². The van der Waals surface area contributed by atoms with Gasteiger partial charge in [-0.3, -0.25) is 0 Å². The predicted molar refractivity (Wildman–Crippen MR) is 71.1 cm³/mol. The van der Waals surface area contributed by atoms with Gasteiger partial charge >= 0.3 is 0 Å². The quantitative estimate of drug-likeness (QED) is 0.818. The first-order valence-corrected chi connectivity index (χ1v) is 6.19. The van der Waals surface area contributed by atoms with Crippen molar-refractivity contribution in [3.05, 3.63) is 24.0 Å². The summed E-state index contributed by atoms with van der Waals surface area (Å²) in [5.41, 5.74) is 13.0. The maximum Gasteiger partial charge on any atom is 0.258 e. The molecule has 1 fully saturated rings. The summed E-state index contributed by atoms with van der Waals surface area (Å²) in [5.74, 6) is 1.01. The Morgan fingerprint density at radius 3 is 2.42 bits per heavy atom. The van der Waals surface area contributed by atoms with Crippen molar-refractivity contribution in [2.75, 3.05) is 18.6 Å². The zero-order valence-corrected chi connectivity index (χ0v) is 10.7. The molecule has 1 aliphatic rings. The minimum atomic E-state index is -0.381. The van der Waals surface area contributed by atoms with Crippen molar-refractivity contribution in [2.24, 2.45) is 0 Å². The van der Waals surface area contributed by atoms with Gasteiger partial charge in [0, 0.05) is 24.0 Å². The molecule has 0 aliphatic heterocycles. The molecule has 1 aromatic carbocycles. The molecule has 1 aromatic heterocycles. The minimum absolute atomic E-state index is 0.381. The van der Waals surface area contributed by atoms with Gasteiger partial charge in [0.05, 0.1) is 0 Å². The Kier molecular flexibility index (Phi) is 2.67. The van der Waals surface area contributed by atoms with Crippen molar-refractivity contribution in [3.8, 4) is 11.5 Å². The van der Waals surface area contributed by atoms with Gasteiger partial charge in [-0.15, -0.1) is 0 Å². The maximum absolute atomic E-state index is 5.76. The zero-order chi connectivity index (χ0) is 13.5. The van der Waals surface area contributed by atoms with E-state index in [9.17, 15) is 0 Å². The topological polar surface area (TPSA) is 100 Å². The maximum atomic E-state index is 5.76. The van der Waals surface area contributed by atoms with Crippen molar-refractivity contribution in [3.63, 3.8) is 0 Å². The number of anilines is 2. The van der Waals surface area contributed by atoms with Crippen LogP contribution in [-0.4, -0.2) is 17.3 Å². The summed E-state index contributed by atoms with van der Waals surface area (Å²) < 4.78 is 10.8. The van der Waals surface area contributed by atoms with Crippen molar-refractivity contribution < 1.29 is 9.26 Å². The molecule has 6 heteroatoms. The van der Waals surface area contributed by atoms with Crippen LogP contribution in [0.1, 0.15) is 25.1 Å². The molecule has 0 bridgehead atoms. The van der Waals surface area contributed by atoms with E-state index in [1.807, 2.05) is 0 Å². The van der Waals surface area contributed by atoms with Crippen molar-refractivity contribution in [2.45, 2.75) is 24.9 Å². The predicted octanol–water partition coefficient (Wildman–Crippen LogP) is 1.93. The molecule has 0 amide bonds. The Labute approximate surface area is 110 Å². The van der Waals surface area contributed by atoms with Gasteiger partial charge in [-0.2, -0.15) is 4.98 Å². The molecule has 1 heterocycles. The van der Waals surface area contributed by atoms with Gasteiger partial charge < -0.3 is 20.7 Å². The Morgan fingerprint density at radius 2 is 1.89 bits per heavy atom. The molecule has 0 spiro atoms. The number of benzene rings is 1. The smallest absolute Gasteiger partial charge is 0.258 e. The standard InChI is InChI=1S/C13H16N4O2/c1-18-13(3-2-4-13)12-16-11(19-17-12)8-5-9(14)7-10(15)6-8/h5-7H,2-4,14-15H2,1H3. The Balaban J connectivity index is 1.97. The summed E-state index contributed by atoms with van der Waals surface area (Å²) in [6, 6.07) is 5.20. The lowest BCUT2D eigenvalue weighted by Gasteiger charge is -2.37. The lowest BCUT2D eigenvalue weighted by atomic mass is 9.79. The third-order valence-corrected chi connectivity index (χ3v) is 3.61. The van der Waals surface area contributed by atoms with E-state index < -0.39 is 0 Å². The Bertz CT molecular complexity index is 579. The van der Waals surface area contributed by atoms with E-state index in [4.69, 9.17) is 20.7 Å². The highest BCUT2D eigenvalue weighted by atomic mass is 16.5. The van der Waals surface area contributed by atoms with Crippen LogP contribution in [0.25, 0.3) is 11.5 Å². The molecule has 100 valence electrons. The number of nitrogen functional groups attached to an aromatic ring is 2. The number of nitrogens with two attached hydrogens (primary N) is 2. The van der Waals surface area contributed by atoms with Crippen LogP contribution >= 0.6 is 0 Å². The average molecular weight is 260 g/mol. The van der Waals surface area contributed by atoms with Gasteiger partial charge in [0.15, 0.2) is 0 Å². The van der Waals surface area contributed by atoms with E-state index >= 15 is 0 Å². The average Bonchev–Trinajstić information content (AvgIpc) is 2.77. The fourth-order valence-corrected chi connectivity index (χ4v) is 2.34. The number of hydrogen-bond acceptors (Lipinski definition) is 6. The molecule has 0 atom stereocenters. The number of hydrogen-bond donors (Lipinski definition) is 2. The number of rotatable bonds is 3. The first-order chi connectivity index (χ1) is 9.13. The molecule has 0 saturated heterocycles. The van der Waals surface area contributed by atoms with Crippen molar-refractivity contribution in [1.29, 1.82) is 0 Å². The van der Waals surface area contributed by atoms with Crippen LogP contribution in [0.5, 0.6) is 0 Å². The molecular weight excluding hydrogens is 244 g/mol. The van der Waals surface area contributed by atoms with E-state index in [-0.39, 0.29) is 5.60 Å². The summed E-state index contributed by atoms with van der Waals surface area (Å²) in [6.07, 6.45) is 2.95. The summed E-state index contributed by atoms with van der Waals surface area (Å²) in [6.45, 7) is 0. The van der Waals surface area contributed by atoms with Crippen LogP contribution in [0.2, 0.25) is 0 Å². The van der Waals surface area contributed by atoms with E-state index in [0.29, 0.717) is 23.1 Å². The highest BCUT2D eigenvalue weighted by Gasteiger charge is 2.43. The fraction of sp³-hybridized carbons (Fsp3) is 0.385. The number of methoxy groups -OCH3 is 1. The van der Waals surface area contributed by atoms with Gasteiger partial charge in [-0.1, -0.05) is 5.16 Å². The van der Waals surface area contributed by atoms with E-state index in [2.05, 4.69) is 10.1 Å². The van der Waals surface area contributed by atoms with Crippen LogP contribution in [0, 0.1) is 0 Å². The van der Waals surface area contributed by atoms with Crippen LogP contribution in [0.3, 0.4) is 0 Å². The Morgan fingerprint density at radius 1 is 1.21 bits per heavy atom. The second-order valence-electron chi connectivity index (χ2n) is 4.86. The molecule has 3 rings (SSSR count). The summed E-state index contributed by atoms with van der Waals surface area (Å²) in [7, 11) is 1.67. The lowest BCUT2D eigenvalue weighted by Crippen LogP contribution is -2.37. The molecule has 2 aromatic rings. The third kappa shape index (κ3) is 1.94. The minimum Gasteiger partial charge on any atom is -0.399 e. The van der Waals surface area contributed by atoms with Gasteiger partial charge in [0.25, 0.3) is 5.89 Å². The first kappa shape index (κ1) is 12.0. The van der Waals surface area contributed by atoms with Crippen molar-refractivity contribution in [1.82, 2.24) is 10.1 Å². The molecule has 0 radical (unpaired) electrons. The highest BCUT2D eigenvalue weighted by Crippen LogP contribution is 2.43. The van der Waals surface area contributed by atoms with Crippen molar-refractivity contribution >= 4 is 11.4 Å². The largest absolute Gasteiger partial charge is 0.399 e. The SMILES string of the molecule is COC1(c2noc(-c3cc(N)cc(N)c3)n2)CCC1. The first-order valence-electron chi connectivity index (χ1n) is 6.19. The second kappa shape index (κ2) is 4.24. The molecule has 6 nitrogen and oxygen atoms in total. The lowest BCUT2D eigenvalue weighted by molar-refractivity contribution is -0.0858. The summed E-state index contributed by atoms with van der Waals surface area (Å²) >= 11 is 0. The fourth-order valence-electron chi connectivity index (χ4n) is 2.34. The van der Waals surface area contributed by atoms with Gasteiger partial charge in [-0.25, -0.2) is 0 Å². The van der Waals surface area contributed by atoms with Crippen LogP contribution in [0.4, 0.5) is 11.4 Å². The number of nitrogens with zero attached hydrogens (tertiary/aromatic N) is 2. The summed E-state index contributed by atoms with van der Waals surface area (Å²) in [5, 5.41) is 4.02. The molecule has 1 aliphatic carbocycles. The Hall–Kier alpha value is -2.08. The monoisotopic (exact) mass is 260 g/mol. The number of aromatic nitrogens is 2. The molecule has 1 saturated carbocycles. The van der Waals surface area contributed by atoms with Crippen LogP contribution in [-0.2, 0) is 10.3 Å². The van der Waals surface area contributed by atoms with E-state index in [0.717, 1.165) is 24.8 Å².